The fraction of sp³-hybridized carbons (Fsp3) is 0.304. The molecule has 0 saturated carbocycles. The molecule has 0 atom stereocenters. The van der Waals surface area contributed by atoms with Gasteiger partial charge < -0.3 is 30.0 Å². The maximum Gasteiger partial charge on any atom is 0.414 e. The fourth-order valence-corrected chi connectivity index (χ4v) is 3.47. The van der Waals surface area contributed by atoms with Crippen LogP contribution in [0.3, 0.4) is 0 Å². The highest BCUT2D eigenvalue weighted by atomic mass is 16.5. The van der Waals surface area contributed by atoms with Crippen molar-refractivity contribution in [2.45, 2.75) is 26.8 Å². The van der Waals surface area contributed by atoms with Crippen LogP contribution < -0.4 is 14.8 Å². The number of aryl methyl sites for hydroxylation is 1. The van der Waals surface area contributed by atoms with Crippen molar-refractivity contribution in [1.29, 1.82) is 0 Å². The molecular formula is C23H28N2O6. The molecule has 0 spiro atoms. The number of carboxylic acid groups (broad SMARTS) is 2. The molecule has 2 aromatic carbocycles. The maximum absolute atomic E-state index is 9.10. The minimum atomic E-state index is -1.82. The number of carbonyl (C=O) groups is 2. The predicted octanol–water partition coefficient (Wildman–Crippen LogP) is 3.29. The summed E-state index contributed by atoms with van der Waals surface area (Å²) in [6, 6.07) is 12.5. The van der Waals surface area contributed by atoms with E-state index in [1.807, 2.05) is 13.0 Å². The molecule has 0 aliphatic carbocycles. The minimum Gasteiger partial charge on any atom is -0.496 e. The van der Waals surface area contributed by atoms with Crippen LogP contribution in [0.4, 0.5) is 0 Å². The first-order valence-corrected chi connectivity index (χ1v) is 9.73. The zero-order chi connectivity index (χ0) is 23.0. The number of rotatable bonds is 7. The Morgan fingerprint density at radius 3 is 2.29 bits per heavy atom. The summed E-state index contributed by atoms with van der Waals surface area (Å²) in [6.07, 6.45) is 0.993. The molecule has 0 fully saturated rings. The summed E-state index contributed by atoms with van der Waals surface area (Å²) < 4.78 is 10.9. The van der Waals surface area contributed by atoms with Crippen LogP contribution in [0.15, 0.2) is 36.4 Å². The lowest BCUT2D eigenvalue weighted by Crippen LogP contribution is -2.17. The van der Waals surface area contributed by atoms with Gasteiger partial charge in [-0.3, -0.25) is 0 Å². The van der Waals surface area contributed by atoms with E-state index in [-0.39, 0.29) is 0 Å². The third-order valence-electron chi connectivity index (χ3n) is 4.94. The number of benzene rings is 2. The number of hydrogen-bond donors (Lipinski definition) is 4. The molecule has 1 aromatic heterocycles. The normalized spacial score (nSPS) is 10.3. The molecule has 0 saturated heterocycles. The van der Waals surface area contributed by atoms with Crippen LogP contribution in [0.25, 0.3) is 10.9 Å². The summed E-state index contributed by atoms with van der Waals surface area (Å²) >= 11 is 0. The van der Waals surface area contributed by atoms with Gasteiger partial charge in [0.1, 0.15) is 11.5 Å². The van der Waals surface area contributed by atoms with E-state index in [0.717, 1.165) is 42.1 Å². The van der Waals surface area contributed by atoms with E-state index in [1.54, 1.807) is 14.2 Å². The number of aromatic amines is 1. The van der Waals surface area contributed by atoms with Crippen LogP contribution in [-0.2, 0) is 22.6 Å². The summed E-state index contributed by atoms with van der Waals surface area (Å²) in [7, 11) is 3.39. The van der Waals surface area contributed by atoms with Gasteiger partial charge in [0.15, 0.2) is 0 Å². The quantitative estimate of drug-likeness (QED) is 0.337. The number of nitrogens with one attached hydrogen (secondary N) is 2. The zero-order valence-electron chi connectivity index (χ0n) is 18.1. The van der Waals surface area contributed by atoms with Gasteiger partial charge in [-0.15, -0.1) is 0 Å². The van der Waals surface area contributed by atoms with Crippen molar-refractivity contribution in [3.8, 4) is 11.5 Å². The lowest BCUT2D eigenvalue weighted by Gasteiger charge is -2.15. The lowest BCUT2D eigenvalue weighted by atomic mass is 10.1. The molecule has 0 aliphatic heterocycles. The van der Waals surface area contributed by atoms with Gasteiger partial charge in [0.25, 0.3) is 0 Å². The average molecular weight is 428 g/mol. The van der Waals surface area contributed by atoms with Crippen molar-refractivity contribution in [2.24, 2.45) is 0 Å². The maximum atomic E-state index is 9.10. The SMILES string of the molecule is COc1ccc(CNCCc2c(C)[nH]c3ccccc23)c(OC)c1C.O=C(O)C(=O)O. The first kappa shape index (κ1) is 23.8. The number of para-hydroxylation sites is 1. The van der Waals surface area contributed by atoms with Gasteiger partial charge in [0, 0.05) is 34.3 Å². The van der Waals surface area contributed by atoms with Crippen molar-refractivity contribution < 1.29 is 29.3 Å². The number of hydrogen-bond acceptors (Lipinski definition) is 5. The molecular weight excluding hydrogens is 400 g/mol. The minimum absolute atomic E-state index is 0.773. The molecule has 0 aliphatic rings. The van der Waals surface area contributed by atoms with Gasteiger partial charge in [0.05, 0.1) is 14.2 Å². The summed E-state index contributed by atoms with van der Waals surface area (Å²) in [5, 5.41) is 19.6. The number of ether oxygens (including phenoxy) is 2. The second-order valence-corrected chi connectivity index (χ2v) is 6.90. The molecule has 4 N–H and O–H groups in total. The van der Waals surface area contributed by atoms with Crippen LogP contribution >= 0.6 is 0 Å². The Balaban J connectivity index is 0.000000501. The van der Waals surface area contributed by atoms with E-state index in [9.17, 15) is 0 Å². The molecule has 0 bridgehead atoms. The number of carboxylic acids is 2. The summed E-state index contributed by atoms with van der Waals surface area (Å²) in [6.45, 7) is 5.86. The van der Waals surface area contributed by atoms with Gasteiger partial charge in [-0.1, -0.05) is 24.3 Å². The second kappa shape index (κ2) is 11.0. The van der Waals surface area contributed by atoms with E-state index in [0.29, 0.717) is 0 Å². The Hall–Kier alpha value is -3.52. The number of fused-ring (bicyclic) bond motifs is 1. The van der Waals surface area contributed by atoms with E-state index in [1.165, 1.54) is 22.2 Å². The highest BCUT2D eigenvalue weighted by Crippen LogP contribution is 2.31. The monoisotopic (exact) mass is 428 g/mol. The lowest BCUT2D eigenvalue weighted by molar-refractivity contribution is -0.159. The molecule has 0 amide bonds. The van der Waals surface area contributed by atoms with Crippen LogP contribution in [0.1, 0.15) is 22.4 Å². The highest BCUT2D eigenvalue weighted by molar-refractivity contribution is 6.27. The van der Waals surface area contributed by atoms with E-state index >= 15 is 0 Å². The molecule has 1 heterocycles. The molecule has 3 aromatic rings. The first-order chi connectivity index (χ1) is 14.8. The number of H-pyrrole nitrogens is 1. The predicted molar refractivity (Wildman–Crippen MR) is 118 cm³/mol. The summed E-state index contributed by atoms with van der Waals surface area (Å²) in [5.41, 5.74) is 6.04. The smallest absolute Gasteiger partial charge is 0.414 e. The van der Waals surface area contributed by atoms with Crippen molar-refractivity contribution >= 4 is 22.8 Å². The molecule has 0 radical (unpaired) electrons. The highest BCUT2D eigenvalue weighted by Gasteiger charge is 2.11. The Bertz CT molecular complexity index is 1050. The second-order valence-electron chi connectivity index (χ2n) is 6.90. The third kappa shape index (κ3) is 5.99. The Morgan fingerprint density at radius 2 is 1.68 bits per heavy atom. The molecule has 166 valence electrons. The van der Waals surface area contributed by atoms with Gasteiger partial charge >= 0.3 is 11.9 Å². The Labute approximate surface area is 180 Å². The molecule has 8 nitrogen and oxygen atoms in total. The number of aromatic nitrogens is 1. The summed E-state index contributed by atoms with van der Waals surface area (Å²) in [4.78, 5) is 21.7. The fourth-order valence-electron chi connectivity index (χ4n) is 3.47. The number of methoxy groups -OCH3 is 2. The Morgan fingerprint density at radius 1 is 1.00 bits per heavy atom. The van der Waals surface area contributed by atoms with Crippen molar-refractivity contribution in [2.75, 3.05) is 20.8 Å². The van der Waals surface area contributed by atoms with Crippen LogP contribution in [-0.4, -0.2) is 47.9 Å². The Kier molecular flexibility index (Phi) is 8.45. The van der Waals surface area contributed by atoms with E-state index in [2.05, 4.69) is 47.6 Å². The molecule has 8 heteroatoms. The van der Waals surface area contributed by atoms with Crippen molar-refractivity contribution in [3.05, 3.63) is 58.8 Å². The van der Waals surface area contributed by atoms with Gasteiger partial charge in [0.2, 0.25) is 0 Å². The molecule has 3 rings (SSSR count). The summed E-state index contributed by atoms with van der Waals surface area (Å²) in [5.74, 6) is -1.89. The number of aliphatic carboxylic acids is 2. The van der Waals surface area contributed by atoms with Gasteiger partial charge in [-0.25, -0.2) is 9.59 Å². The van der Waals surface area contributed by atoms with Crippen LogP contribution in [0.5, 0.6) is 11.5 Å². The molecule has 0 unspecified atom stereocenters. The molecule has 31 heavy (non-hydrogen) atoms. The van der Waals surface area contributed by atoms with Crippen molar-refractivity contribution in [1.82, 2.24) is 10.3 Å². The van der Waals surface area contributed by atoms with Crippen molar-refractivity contribution in [3.63, 3.8) is 0 Å². The largest absolute Gasteiger partial charge is 0.496 e. The van der Waals surface area contributed by atoms with Gasteiger partial charge in [-0.05, 0) is 44.5 Å². The topological polar surface area (TPSA) is 121 Å². The van der Waals surface area contributed by atoms with E-state index < -0.39 is 11.9 Å². The van der Waals surface area contributed by atoms with E-state index in [4.69, 9.17) is 29.3 Å². The zero-order valence-corrected chi connectivity index (χ0v) is 18.1. The van der Waals surface area contributed by atoms with Gasteiger partial charge in [-0.2, -0.15) is 0 Å². The van der Waals surface area contributed by atoms with Crippen LogP contribution in [0.2, 0.25) is 0 Å². The average Bonchev–Trinajstić information content (AvgIpc) is 3.06. The third-order valence-corrected chi connectivity index (χ3v) is 4.94. The van der Waals surface area contributed by atoms with Crippen LogP contribution in [0, 0.1) is 13.8 Å². The first-order valence-electron chi connectivity index (χ1n) is 9.73. The standard InChI is InChI=1S/C21H26N2O2.C2H2O4/c1-14-20(24-3)10-9-16(21(14)25-4)13-22-12-11-17-15(2)23-19-8-6-5-7-18(17)19;3-1(4)2(5)6/h5-10,22-23H,11-13H2,1-4H3;(H,3,4)(H,5,6).